The van der Waals surface area contributed by atoms with E-state index in [1.165, 1.54) is 0 Å². The van der Waals surface area contributed by atoms with E-state index in [0.717, 1.165) is 18.6 Å². The van der Waals surface area contributed by atoms with Gasteiger partial charge in [-0.2, -0.15) is 0 Å². The van der Waals surface area contributed by atoms with Crippen LogP contribution in [0.2, 0.25) is 0 Å². The van der Waals surface area contributed by atoms with Crippen LogP contribution >= 0.6 is 0 Å². The van der Waals surface area contributed by atoms with E-state index in [1.54, 1.807) is 6.26 Å². The van der Waals surface area contributed by atoms with Gasteiger partial charge in [-0.05, 0) is 26.7 Å². The third-order valence-corrected chi connectivity index (χ3v) is 2.66. The Morgan fingerprint density at radius 1 is 1.46 bits per heavy atom. The summed E-state index contributed by atoms with van der Waals surface area (Å²) >= 11 is -0.711. The lowest BCUT2D eigenvalue weighted by Gasteiger charge is -2.24. The fraction of sp³-hybridized carbons (Fsp3) is 1.00. The van der Waals surface area contributed by atoms with Gasteiger partial charge in [0, 0.05) is 0 Å². The minimum atomic E-state index is -0.711. The molecule has 1 unspecified atom stereocenters. The van der Waals surface area contributed by atoms with Crippen LogP contribution in [0, 0.1) is 0 Å². The number of rotatable bonds is 7. The number of aliphatic hydroxyl groups is 1. The number of ether oxygens (including phenoxy) is 1. The van der Waals surface area contributed by atoms with Gasteiger partial charge in [0.05, 0.1) is 25.1 Å². The molecule has 0 aromatic rings. The molecule has 0 rings (SSSR count). The van der Waals surface area contributed by atoms with Gasteiger partial charge in [-0.25, -0.2) is 0 Å². The van der Waals surface area contributed by atoms with Gasteiger partial charge in [0.1, 0.15) is 5.75 Å². The summed E-state index contributed by atoms with van der Waals surface area (Å²) in [6.07, 6.45) is 3.50. The summed E-state index contributed by atoms with van der Waals surface area (Å²) < 4.78 is 16.2. The Bertz CT molecular complexity index is 126. The summed E-state index contributed by atoms with van der Waals surface area (Å²) in [6, 6.07) is 0. The van der Waals surface area contributed by atoms with Gasteiger partial charge in [0.25, 0.3) is 0 Å². The first-order valence-corrected chi connectivity index (χ1v) is 6.25. The van der Waals surface area contributed by atoms with Crippen LogP contribution in [0.1, 0.15) is 26.7 Å². The molecule has 0 aliphatic carbocycles. The zero-order valence-electron chi connectivity index (χ0n) is 8.71. The van der Waals surface area contributed by atoms with Gasteiger partial charge in [0.15, 0.2) is 0 Å². The van der Waals surface area contributed by atoms with Gasteiger partial charge in [0.2, 0.25) is 0 Å². The average molecular weight is 208 g/mol. The van der Waals surface area contributed by atoms with E-state index < -0.39 is 11.2 Å². The molecule has 0 bridgehead atoms. The van der Waals surface area contributed by atoms with Crippen molar-refractivity contribution in [3.63, 3.8) is 0 Å². The van der Waals surface area contributed by atoms with Crippen LogP contribution in [-0.2, 0) is 15.9 Å². The lowest BCUT2D eigenvalue weighted by Crippen LogP contribution is -2.26. The van der Waals surface area contributed by atoms with Gasteiger partial charge in [-0.3, -0.25) is 0 Å². The molecule has 0 saturated carbocycles. The lowest BCUT2D eigenvalue weighted by atomic mass is 10.0. The van der Waals surface area contributed by atoms with Crippen molar-refractivity contribution >= 4 is 11.2 Å². The van der Waals surface area contributed by atoms with Crippen molar-refractivity contribution in [3.05, 3.63) is 0 Å². The molecule has 4 heteroatoms. The SMILES string of the molecule is C[S+]([O-])CCCC(C)(C)OCCO. The zero-order valence-corrected chi connectivity index (χ0v) is 9.52. The molecular weight excluding hydrogens is 188 g/mol. The first kappa shape index (κ1) is 13.2. The molecular formula is C9H20O3S. The highest BCUT2D eigenvalue weighted by Crippen LogP contribution is 2.16. The van der Waals surface area contributed by atoms with E-state index >= 15 is 0 Å². The molecule has 0 heterocycles. The van der Waals surface area contributed by atoms with Crippen molar-refractivity contribution in [2.75, 3.05) is 25.2 Å². The van der Waals surface area contributed by atoms with Crippen LogP contribution in [0.3, 0.4) is 0 Å². The molecule has 0 aromatic carbocycles. The first-order valence-electron chi connectivity index (χ1n) is 4.53. The molecule has 1 N–H and O–H groups in total. The predicted molar refractivity (Wildman–Crippen MR) is 55.3 cm³/mol. The maximum Gasteiger partial charge on any atom is 0.105 e. The average Bonchev–Trinajstić information content (AvgIpc) is 2.00. The predicted octanol–water partition coefficient (Wildman–Crippen LogP) is 0.933. The van der Waals surface area contributed by atoms with Crippen molar-refractivity contribution in [3.8, 4) is 0 Å². The van der Waals surface area contributed by atoms with Crippen LogP contribution in [0.25, 0.3) is 0 Å². The summed E-state index contributed by atoms with van der Waals surface area (Å²) in [5, 5.41) is 8.57. The van der Waals surface area contributed by atoms with Gasteiger partial charge < -0.3 is 14.4 Å². The molecule has 0 aromatic heterocycles. The molecule has 3 nitrogen and oxygen atoms in total. The number of aliphatic hydroxyl groups excluding tert-OH is 1. The van der Waals surface area contributed by atoms with Gasteiger partial charge in [-0.1, -0.05) is 11.2 Å². The maximum atomic E-state index is 10.8. The van der Waals surface area contributed by atoms with E-state index in [9.17, 15) is 4.55 Å². The van der Waals surface area contributed by atoms with Crippen LogP contribution in [-0.4, -0.2) is 40.5 Å². The Labute approximate surface area is 83.7 Å². The van der Waals surface area contributed by atoms with E-state index in [4.69, 9.17) is 9.84 Å². The second kappa shape index (κ2) is 6.65. The number of hydrogen-bond acceptors (Lipinski definition) is 3. The maximum absolute atomic E-state index is 10.8. The molecule has 0 saturated heterocycles. The minimum Gasteiger partial charge on any atom is -0.617 e. The Morgan fingerprint density at radius 2 is 2.08 bits per heavy atom. The van der Waals surface area contributed by atoms with Crippen molar-refractivity contribution < 1.29 is 14.4 Å². The highest BCUT2D eigenvalue weighted by Gasteiger charge is 2.18. The molecule has 0 spiro atoms. The molecule has 0 fully saturated rings. The van der Waals surface area contributed by atoms with E-state index in [0.29, 0.717) is 6.61 Å². The molecule has 80 valence electrons. The molecule has 13 heavy (non-hydrogen) atoms. The highest BCUT2D eigenvalue weighted by molar-refractivity contribution is 7.90. The van der Waals surface area contributed by atoms with Crippen molar-refractivity contribution in [2.24, 2.45) is 0 Å². The van der Waals surface area contributed by atoms with E-state index in [1.807, 2.05) is 13.8 Å². The second-order valence-corrected chi connectivity index (χ2v) is 5.27. The molecule has 0 amide bonds. The summed E-state index contributed by atoms with van der Waals surface area (Å²) in [4.78, 5) is 0. The number of hydrogen-bond donors (Lipinski definition) is 1. The van der Waals surface area contributed by atoms with Gasteiger partial charge in [-0.15, -0.1) is 0 Å². The topological polar surface area (TPSA) is 52.5 Å². The zero-order chi connectivity index (χ0) is 10.3. The standard InChI is InChI=1S/C9H20O3S/c1-9(2,12-7-6-10)5-4-8-13(3)11/h10H,4-8H2,1-3H3. The highest BCUT2D eigenvalue weighted by atomic mass is 32.2. The summed E-state index contributed by atoms with van der Waals surface area (Å²) in [6.45, 7) is 4.41. The quantitative estimate of drug-likeness (QED) is 0.633. The Kier molecular flexibility index (Phi) is 6.77. The first-order chi connectivity index (χ1) is 5.98. The van der Waals surface area contributed by atoms with E-state index in [-0.39, 0.29) is 12.2 Å². The molecule has 0 aliphatic rings. The van der Waals surface area contributed by atoms with Crippen LogP contribution in [0.15, 0.2) is 0 Å². The summed E-state index contributed by atoms with van der Waals surface area (Å²) in [5.41, 5.74) is -0.206. The van der Waals surface area contributed by atoms with E-state index in [2.05, 4.69) is 0 Å². The van der Waals surface area contributed by atoms with Crippen molar-refractivity contribution in [2.45, 2.75) is 32.3 Å². The Balaban J connectivity index is 3.50. The summed E-state index contributed by atoms with van der Waals surface area (Å²) in [7, 11) is 0. The van der Waals surface area contributed by atoms with Crippen LogP contribution in [0.4, 0.5) is 0 Å². The fourth-order valence-electron chi connectivity index (χ4n) is 1.10. The Hall–Kier alpha value is 0.230. The lowest BCUT2D eigenvalue weighted by molar-refractivity contribution is -0.0382. The molecule has 0 aliphatic heterocycles. The normalized spacial score (nSPS) is 14.5. The molecule has 0 radical (unpaired) electrons. The third-order valence-electron chi connectivity index (χ3n) is 1.79. The smallest absolute Gasteiger partial charge is 0.105 e. The monoisotopic (exact) mass is 208 g/mol. The van der Waals surface area contributed by atoms with Crippen molar-refractivity contribution in [1.82, 2.24) is 0 Å². The second-order valence-electron chi connectivity index (χ2n) is 3.71. The largest absolute Gasteiger partial charge is 0.617 e. The third kappa shape index (κ3) is 8.56. The van der Waals surface area contributed by atoms with Gasteiger partial charge >= 0.3 is 0 Å². The summed E-state index contributed by atoms with van der Waals surface area (Å²) in [5.74, 6) is 0.728. The molecule has 1 atom stereocenters. The van der Waals surface area contributed by atoms with Crippen LogP contribution in [0.5, 0.6) is 0 Å². The Morgan fingerprint density at radius 3 is 2.54 bits per heavy atom. The minimum absolute atomic E-state index is 0.0587. The van der Waals surface area contributed by atoms with Crippen LogP contribution < -0.4 is 0 Å². The van der Waals surface area contributed by atoms with Crippen molar-refractivity contribution in [1.29, 1.82) is 0 Å². The fourth-order valence-corrected chi connectivity index (χ4v) is 1.65.